The molecule has 0 bridgehead atoms. The number of hydrogen-bond donors (Lipinski definition) is 0. The highest BCUT2D eigenvalue weighted by Gasteiger charge is 2.40. The van der Waals surface area contributed by atoms with E-state index in [1.807, 2.05) is 12.1 Å². The standard InChI is InChI=1S/C20H13N5O2/c1-24-18-16(17(23-24)12-6-5-9-21-10-12)15-14(11-22-18)19(26)25(20(15)27)13-7-3-2-4-8-13/h2-11H,1H3. The minimum atomic E-state index is -0.378. The summed E-state index contributed by atoms with van der Waals surface area (Å²) in [7, 11) is 1.76. The minimum absolute atomic E-state index is 0.287. The Hall–Kier alpha value is -3.87. The third-order valence-corrected chi connectivity index (χ3v) is 4.65. The summed E-state index contributed by atoms with van der Waals surface area (Å²) < 4.78 is 1.61. The zero-order chi connectivity index (χ0) is 18.5. The lowest BCUT2D eigenvalue weighted by Gasteiger charge is -2.13. The number of benzene rings is 1. The molecule has 1 aliphatic heterocycles. The minimum Gasteiger partial charge on any atom is -0.268 e. The summed E-state index contributed by atoms with van der Waals surface area (Å²) in [6.45, 7) is 0. The van der Waals surface area contributed by atoms with Crippen molar-refractivity contribution in [2.24, 2.45) is 7.05 Å². The van der Waals surface area contributed by atoms with Gasteiger partial charge in [-0.2, -0.15) is 5.10 Å². The van der Waals surface area contributed by atoms with Crippen LogP contribution in [0.3, 0.4) is 0 Å². The molecule has 0 radical (unpaired) electrons. The van der Waals surface area contributed by atoms with Crippen LogP contribution in [-0.2, 0) is 7.05 Å². The Morgan fingerprint density at radius 1 is 0.926 bits per heavy atom. The van der Waals surface area contributed by atoms with Gasteiger partial charge in [0.15, 0.2) is 5.65 Å². The molecule has 5 rings (SSSR count). The van der Waals surface area contributed by atoms with Crippen LogP contribution in [0, 0.1) is 0 Å². The molecular formula is C20H13N5O2. The van der Waals surface area contributed by atoms with Crippen LogP contribution in [0.25, 0.3) is 22.3 Å². The van der Waals surface area contributed by atoms with Crippen molar-refractivity contribution in [3.8, 4) is 11.3 Å². The number of pyridine rings is 2. The summed E-state index contributed by atoms with van der Waals surface area (Å²) in [5, 5.41) is 5.10. The second-order valence-corrected chi connectivity index (χ2v) is 6.24. The lowest BCUT2D eigenvalue weighted by Crippen LogP contribution is -2.29. The molecule has 0 atom stereocenters. The zero-order valence-electron chi connectivity index (χ0n) is 14.3. The van der Waals surface area contributed by atoms with Gasteiger partial charge in [-0.25, -0.2) is 14.6 Å². The van der Waals surface area contributed by atoms with Crippen molar-refractivity contribution in [2.45, 2.75) is 0 Å². The Balaban J connectivity index is 1.80. The third kappa shape index (κ3) is 2.11. The van der Waals surface area contributed by atoms with Crippen molar-refractivity contribution in [1.82, 2.24) is 19.7 Å². The molecule has 0 N–H and O–H groups in total. The number of imide groups is 1. The summed E-state index contributed by atoms with van der Waals surface area (Å²) in [4.78, 5) is 35.9. The number of para-hydroxylation sites is 1. The molecule has 0 aliphatic carbocycles. The van der Waals surface area contributed by atoms with Gasteiger partial charge in [0.05, 0.1) is 22.2 Å². The predicted octanol–water partition coefficient (Wildman–Crippen LogP) is 2.83. The fourth-order valence-electron chi connectivity index (χ4n) is 3.44. The number of nitrogens with zero attached hydrogens (tertiary/aromatic N) is 5. The van der Waals surface area contributed by atoms with E-state index in [0.717, 1.165) is 5.56 Å². The van der Waals surface area contributed by atoms with E-state index in [4.69, 9.17) is 0 Å². The van der Waals surface area contributed by atoms with Gasteiger partial charge >= 0.3 is 0 Å². The number of hydrogen-bond acceptors (Lipinski definition) is 5. The van der Waals surface area contributed by atoms with E-state index in [9.17, 15) is 9.59 Å². The molecule has 0 fully saturated rings. The molecule has 1 aromatic carbocycles. The Bertz CT molecular complexity index is 1220. The summed E-state index contributed by atoms with van der Waals surface area (Å²) in [6, 6.07) is 12.5. The van der Waals surface area contributed by atoms with Crippen LogP contribution in [0.2, 0.25) is 0 Å². The van der Waals surface area contributed by atoms with Gasteiger partial charge in [0.2, 0.25) is 0 Å². The highest BCUT2D eigenvalue weighted by Crippen LogP contribution is 2.36. The Morgan fingerprint density at radius 3 is 2.48 bits per heavy atom. The Labute approximate surface area is 153 Å². The highest BCUT2D eigenvalue weighted by molar-refractivity contribution is 6.38. The molecule has 3 aromatic heterocycles. The molecule has 0 unspecified atom stereocenters. The van der Waals surface area contributed by atoms with Crippen LogP contribution in [0.4, 0.5) is 5.69 Å². The molecule has 1 aliphatic rings. The van der Waals surface area contributed by atoms with E-state index in [1.54, 1.807) is 54.5 Å². The molecular weight excluding hydrogens is 342 g/mol. The van der Waals surface area contributed by atoms with Crippen LogP contribution >= 0.6 is 0 Å². The van der Waals surface area contributed by atoms with Crippen molar-refractivity contribution < 1.29 is 9.59 Å². The first kappa shape index (κ1) is 15.4. The fraction of sp³-hybridized carbons (Fsp3) is 0.0500. The Morgan fingerprint density at radius 2 is 1.74 bits per heavy atom. The summed E-state index contributed by atoms with van der Waals surface area (Å²) in [6.07, 6.45) is 4.80. The van der Waals surface area contributed by atoms with Gasteiger partial charge in [-0.15, -0.1) is 0 Å². The number of amides is 2. The Kier molecular flexibility index (Phi) is 3.17. The summed E-state index contributed by atoms with van der Waals surface area (Å²) >= 11 is 0. The van der Waals surface area contributed by atoms with Crippen LogP contribution in [0.5, 0.6) is 0 Å². The van der Waals surface area contributed by atoms with Crippen molar-refractivity contribution >= 4 is 28.5 Å². The average Bonchev–Trinajstić information content (AvgIpc) is 3.18. The number of carbonyl (C=O) groups excluding carboxylic acids is 2. The molecule has 7 heteroatoms. The number of fused-ring (bicyclic) bond motifs is 3. The van der Waals surface area contributed by atoms with E-state index in [2.05, 4.69) is 15.1 Å². The van der Waals surface area contributed by atoms with Gasteiger partial charge in [0.1, 0.15) is 5.69 Å². The lowest BCUT2D eigenvalue weighted by molar-refractivity contribution is 0.0926. The molecule has 0 spiro atoms. The zero-order valence-corrected chi connectivity index (χ0v) is 14.3. The number of rotatable bonds is 2. The van der Waals surface area contributed by atoms with Crippen LogP contribution in [0.1, 0.15) is 20.7 Å². The summed E-state index contributed by atoms with van der Waals surface area (Å²) in [5.74, 6) is -0.747. The van der Waals surface area contributed by atoms with Crippen LogP contribution in [-0.4, -0.2) is 31.6 Å². The number of anilines is 1. The molecule has 2 amide bonds. The van der Waals surface area contributed by atoms with E-state index >= 15 is 0 Å². The second kappa shape index (κ2) is 5.57. The van der Waals surface area contributed by atoms with Crippen molar-refractivity contribution in [1.29, 1.82) is 0 Å². The number of aryl methyl sites for hydroxylation is 1. The van der Waals surface area contributed by atoms with E-state index in [-0.39, 0.29) is 17.4 Å². The lowest BCUT2D eigenvalue weighted by atomic mass is 10.0. The van der Waals surface area contributed by atoms with E-state index in [1.165, 1.54) is 11.1 Å². The molecule has 4 aromatic rings. The van der Waals surface area contributed by atoms with Gasteiger partial charge in [0, 0.05) is 31.2 Å². The first-order chi connectivity index (χ1) is 13.2. The fourth-order valence-corrected chi connectivity index (χ4v) is 3.44. The average molecular weight is 355 g/mol. The molecule has 27 heavy (non-hydrogen) atoms. The van der Waals surface area contributed by atoms with Gasteiger partial charge in [-0.3, -0.25) is 14.6 Å². The maximum atomic E-state index is 13.2. The van der Waals surface area contributed by atoms with Crippen molar-refractivity contribution in [2.75, 3.05) is 4.90 Å². The van der Waals surface area contributed by atoms with Gasteiger partial charge < -0.3 is 0 Å². The highest BCUT2D eigenvalue weighted by atomic mass is 16.2. The number of aromatic nitrogens is 4. The molecule has 130 valence electrons. The maximum absolute atomic E-state index is 13.2. The summed E-state index contributed by atoms with van der Waals surface area (Å²) in [5.41, 5.74) is 3.04. The van der Waals surface area contributed by atoms with Crippen molar-refractivity contribution in [3.63, 3.8) is 0 Å². The molecule has 7 nitrogen and oxygen atoms in total. The SMILES string of the molecule is Cn1nc(-c2cccnc2)c2c3c(cnc21)C(=O)N(c1ccccc1)C3=O. The van der Waals surface area contributed by atoms with Crippen LogP contribution < -0.4 is 4.90 Å². The second-order valence-electron chi connectivity index (χ2n) is 6.24. The first-order valence-corrected chi connectivity index (χ1v) is 8.37. The quantitative estimate of drug-likeness (QED) is 0.517. The van der Waals surface area contributed by atoms with Gasteiger partial charge in [-0.1, -0.05) is 18.2 Å². The van der Waals surface area contributed by atoms with E-state index < -0.39 is 0 Å². The normalized spacial score (nSPS) is 13.4. The van der Waals surface area contributed by atoms with Crippen LogP contribution in [0.15, 0.2) is 61.1 Å². The number of carbonyl (C=O) groups is 2. The largest absolute Gasteiger partial charge is 0.268 e. The monoisotopic (exact) mass is 355 g/mol. The maximum Gasteiger partial charge on any atom is 0.267 e. The predicted molar refractivity (Wildman–Crippen MR) is 99.3 cm³/mol. The molecule has 0 saturated carbocycles. The molecule has 4 heterocycles. The van der Waals surface area contributed by atoms with Gasteiger partial charge in [-0.05, 0) is 24.3 Å². The van der Waals surface area contributed by atoms with Gasteiger partial charge in [0.25, 0.3) is 11.8 Å². The first-order valence-electron chi connectivity index (χ1n) is 8.37. The van der Waals surface area contributed by atoms with Crippen molar-refractivity contribution in [3.05, 3.63) is 72.2 Å². The third-order valence-electron chi connectivity index (χ3n) is 4.65. The van der Waals surface area contributed by atoms with E-state index in [0.29, 0.717) is 28.0 Å². The smallest absolute Gasteiger partial charge is 0.267 e. The topological polar surface area (TPSA) is 81.0 Å². The molecule has 0 saturated heterocycles.